The van der Waals surface area contributed by atoms with E-state index in [4.69, 9.17) is 5.11 Å². The highest BCUT2D eigenvalue weighted by Crippen LogP contribution is 2.24. The lowest BCUT2D eigenvalue weighted by Crippen LogP contribution is -2.60. The Hall–Kier alpha value is -1.58. The Morgan fingerprint density at radius 1 is 1.47 bits per heavy atom. The second kappa shape index (κ2) is 3.88. The van der Waals surface area contributed by atoms with Crippen LogP contribution in [-0.2, 0) is 6.42 Å². The van der Waals surface area contributed by atoms with E-state index in [-0.39, 0.29) is 6.54 Å². The molecule has 1 aliphatic rings. The van der Waals surface area contributed by atoms with Crippen LogP contribution >= 0.6 is 0 Å². The molecule has 15 heavy (non-hydrogen) atoms. The Kier molecular flexibility index (Phi) is 2.58. The molecule has 1 aliphatic heterocycles. The summed E-state index contributed by atoms with van der Waals surface area (Å²) in [4.78, 5) is 11.8. The molecule has 1 saturated heterocycles. The van der Waals surface area contributed by atoms with Crippen molar-refractivity contribution in [3.63, 3.8) is 0 Å². The van der Waals surface area contributed by atoms with Gasteiger partial charge in [-0.25, -0.2) is 9.18 Å². The molecule has 1 aromatic rings. The van der Waals surface area contributed by atoms with E-state index in [9.17, 15) is 9.18 Å². The minimum atomic E-state index is -1.04. The van der Waals surface area contributed by atoms with E-state index in [2.05, 4.69) is 0 Å². The van der Waals surface area contributed by atoms with Gasteiger partial charge < -0.3 is 5.11 Å². The molecule has 0 unspecified atom stereocenters. The van der Waals surface area contributed by atoms with Gasteiger partial charge in [0.2, 0.25) is 0 Å². The van der Waals surface area contributed by atoms with E-state index in [0.717, 1.165) is 10.5 Å². The Balaban J connectivity index is 2.02. The molecule has 0 radical (unpaired) electrons. The van der Waals surface area contributed by atoms with Crippen LogP contribution in [0.5, 0.6) is 0 Å². The van der Waals surface area contributed by atoms with Crippen LogP contribution in [0.15, 0.2) is 30.3 Å². The van der Waals surface area contributed by atoms with Crippen molar-refractivity contribution in [3.05, 3.63) is 35.9 Å². The van der Waals surface area contributed by atoms with Crippen LogP contribution in [0.25, 0.3) is 0 Å². The third kappa shape index (κ3) is 1.93. The molecule has 0 aliphatic carbocycles. The molecule has 1 fully saturated rings. The van der Waals surface area contributed by atoms with Gasteiger partial charge >= 0.3 is 6.09 Å². The molecular weight excluding hydrogens is 197 g/mol. The molecule has 2 atom stereocenters. The van der Waals surface area contributed by atoms with Gasteiger partial charge in [0.25, 0.3) is 0 Å². The summed E-state index contributed by atoms with van der Waals surface area (Å²) in [6, 6.07) is 8.87. The number of amides is 1. The summed E-state index contributed by atoms with van der Waals surface area (Å²) in [7, 11) is 0. The molecule has 1 heterocycles. The number of halogens is 1. The summed E-state index contributed by atoms with van der Waals surface area (Å²) < 4.78 is 13.2. The normalized spacial score (nSPS) is 24.7. The number of nitrogens with zero attached hydrogens (tertiary/aromatic N) is 1. The topological polar surface area (TPSA) is 40.5 Å². The zero-order chi connectivity index (χ0) is 10.8. The van der Waals surface area contributed by atoms with E-state index < -0.39 is 18.3 Å². The van der Waals surface area contributed by atoms with Crippen molar-refractivity contribution >= 4 is 6.09 Å². The van der Waals surface area contributed by atoms with Crippen molar-refractivity contribution in [3.8, 4) is 0 Å². The molecule has 0 aromatic heterocycles. The second-order valence-corrected chi connectivity index (χ2v) is 3.71. The molecule has 0 spiro atoms. The van der Waals surface area contributed by atoms with Gasteiger partial charge in [0.05, 0.1) is 12.6 Å². The number of rotatable bonds is 2. The van der Waals surface area contributed by atoms with E-state index in [1.54, 1.807) is 0 Å². The van der Waals surface area contributed by atoms with Crippen molar-refractivity contribution in [2.24, 2.45) is 0 Å². The lowest BCUT2D eigenvalue weighted by molar-refractivity contribution is 0.00242. The summed E-state index contributed by atoms with van der Waals surface area (Å²) in [5, 5.41) is 8.76. The molecular formula is C11H12FNO2. The van der Waals surface area contributed by atoms with Crippen molar-refractivity contribution < 1.29 is 14.3 Å². The molecule has 1 aromatic carbocycles. The third-order valence-corrected chi connectivity index (χ3v) is 2.72. The smallest absolute Gasteiger partial charge is 0.407 e. The Labute approximate surface area is 87.1 Å². The van der Waals surface area contributed by atoms with E-state index in [1.165, 1.54) is 0 Å². The number of carboxylic acid groups (broad SMARTS) is 1. The first-order chi connectivity index (χ1) is 7.18. The van der Waals surface area contributed by atoms with E-state index in [0.29, 0.717) is 6.42 Å². The molecule has 3 nitrogen and oxygen atoms in total. The molecule has 0 bridgehead atoms. The van der Waals surface area contributed by atoms with Gasteiger partial charge in [-0.2, -0.15) is 0 Å². The molecule has 2 rings (SSSR count). The van der Waals surface area contributed by atoms with Gasteiger partial charge in [0, 0.05) is 0 Å². The fraction of sp³-hybridized carbons (Fsp3) is 0.364. The standard InChI is InChI=1S/C11H12FNO2/c12-9-7-13(11(14)15)10(9)6-8-4-2-1-3-5-8/h1-5,9-10H,6-7H2,(H,14,15)/t9-,10-/m1/s1. The summed E-state index contributed by atoms with van der Waals surface area (Å²) >= 11 is 0. The predicted molar refractivity (Wildman–Crippen MR) is 53.6 cm³/mol. The molecule has 80 valence electrons. The number of alkyl halides is 1. The van der Waals surface area contributed by atoms with E-state index in [1.807, 2.05) is 30.3 Å². The average Bonchev–Trinajstić information content (AvgIpc) is 2.23. The van der Waals surface area contributed by atoms with Crippen molar-refractivity contribution in [2.75, 3.05) is 6.54 Å². The predicted octanol–water partition coefficient (Wildman–Crippen LogP) is 1.93. The van der Waals surface area contributed by atoms with Gasteiger partial charge in [-0.3, -0.25) is 4.90 Å². The van der Waals surface area contributed by atoms with Crippen LogP contribution < -0.4 is 0 Å². The molecule has 4 heteroatoms. The Morgan fingerprint density at radius 3 is 2.67 bits per heavy atom. The maximum absolute atomic E-state index is 13.2. The maximum atomic E-state index is 13.2. The van der Waals surface area contributed by atoms with Crippen LogP contribution in [-0.4, -0.2) is 34.9 Å². The van der Waals surface area contributed by atoms with Crippen LogP contribution in [0, 0.1) is 0 Å². The molecule has 1 N–H and O–H groups in total. The van der Waals surface area contributed by atoms with Crippen LogP contribution in [0.1, 0.15) is 5.56 Å². The van der Waals surface area contributed by atoms with Crippen molar-refractivity contribution in [1.82, 2.24) is 4.90 Å². The minimum absolute atomic E-state index is 0.00678. The highest BCUT2D eigenvalue weighted by Gasteiger charge is 2.42. The van der Waals surface area contributed by atoms with Gasteiger partial charge in [0.1, 0.15) is 6.17 Å². The monoisotopic (exact) mass is 209 g/mol. The minimum Gasteiger partial charge on any atom is -0.465 e. The van der Waals surface area contributed by atoms with Crippen molar-refractivity contribution in [1.29, 1.82) is 0 Å². The second-order valence-electron chi connectivity index (χ2n) is 3.71. The Bertz CT molecular complexity index is 355. The average molecular weight is 209 g/mol. The van der Waals surface area contributed by atoms with Crippen molar-refractivity contribution in [2.45, 2.75) is 18.6 Å². The number of carbonyl (C=O) groups is 1. The third-order valence-electron chi connectivity index (χ3n) is 2.72. The largest absolute Gasteiger partial charge is 0.465 e. The zero-order valence-electron chi connectivity index (χ0n) is 8.14. The molecule has 1 amide bonds. The van der Waals surface area contributed by atoms with Crippen LogP contribution in [0.3, 0.4) is 0 Å². The van der Waals surface area contributed by atoms with Crippen LogP contribution in [0.2, 0.25) is 0 Å². The quantitative estimate of drug-likeness (QED) is 0.808. The number of hydrogen-bond donors (Lipinski definition) is 1. The first kappa shape index (κ1) is 9.96. The number of hydrogen-bond acceptors (Lipinski definition) is 1. The van der Waals surface area contributed by atoms with Gasteiger partial charge in [0.15, 0.2) is 0 Å². The zero-order valence-corrected chi connectivity index (χ0v) is 8.14. The van der Waals surface area contributed by atoms with Gasteiger partial charge in [-0.05, 0) is 12.0 Å². The first-order valence-corrected chi connectivity index (χ1v) is 4.86. The summed E-state index contributed by atoms with van der Waals surface area (Å²) in [6.45, 7) is 0.00678. The fourth-order valence-corrected chi connectivity index (χ4v) is 1.82. The summed E-state index contributed by atoms with van der Waals surface area (Å²) in [6.07, 6.45) is -1.61. The SMILES string of the molecule is O=C(O)N1C[C@@H](F)[C@H]1Cc1ccccc1. The highest BCUT2D eigenvalue weighted by atomic mass is 19.1. The fourth-order valence-electron chi connectivity index (χ4n) is 1.82. The highest BCUT2D eigenvalue weighted by molar-refractivity contribution is 5.67. The lowest BCUT2D eigenvalue weighted by Gasteiger charge is -2.42. The maximum Gasteiger partial charge on any atom is 0.407 e. The number of benzene rings is 1. The van der Waals surface area contributed by atoms with Crippen LogP contribution in [0.4, 0.5) is 9.18 Å². The summed E-state index contributed by atoms with van der Waals surface area (Å²) in [5.41, 5.74) is 0.969. The summed E-state index contributed by atoms with van der Waals surface area (Å²) in [5.74, 6) is 0. The first-order valence-electron chi connectivity index (χ1n) is 4.86. The van der Waals surface area contributed by atoms with E-state index >= 15 is 0 Å². The lowest BCUT2D eigenvalue weighted by atomic mass is 9.94. The van der Waals surface area contributed by atoms with Gasteiger partial charge in [-0.15, -0.1) is 0 Å². The number of likely N-dealkylation sites (tertiary alicyclic amines) is 1. The Morgan fingerprint density at radius 2 is 2.13 bits per heavy atom. The van der Waals surface area contributed by atoms with Gasteiger partial charge in [-0.1, -0.05) is 30.3 Å². The molecule has 0 saturated carbocycles.